The van der Waals surface area contributed by atoms with Crippen LogP contribution in [-0.4, -0.2) is 28.0 Å². The van der Waals surface area contributed by atoms with Crippen molar-refractivity contribution < 1.29 is 0 Å². The Morgan fingerprint density at radius 3 is 2.97 bits per heavy atom. The molecule has 2 unspecified atom stereocenters. The fraction of sp³-hybridized carbons (Fsp3) is 0.280. The maximum Gasteiger partial charge on any atom is 0.0489 e. The van der Waals surface area contributed by atoms with Gasteiger partial charge in [-0.15, -0.1) is 0 Å². The van der Waals surface area contributed by atoms with Crippen LogP contribution in [0.2, 0.25) is 5.02 Å². The summed E-state index contributed by atoms with van der Waals surface area (Å²) in [6.45, 7) is 2.15. The first kappa shape index (κ1) is 17.4. The number of hydrogen-bond donors (Lipinski definition) is 2. The van der Waals surface area contributed by atoms with Crippen LogP contribution >= 0.6 is 11.6 Å². The third kappa shape index (κ3) is 2.92. The number of rotatable bonds is 3. The Balaban J connectivity index is 1.28. The Labute approximate surface area is 175 Å². The predicted molar refractivity (Wildman–Crippen MR) is 121 cm³/mol. The molecule has 0 bridgehead atoms. The average molecular weight is 402 g/mol. The third-order valence-electron chi connectivity index (χ3n) is 6.77. The Bertz CT molecular complexity index is 1230. The Hall–Kier alpha value is -2.49. The lowest BCUT2D eigenvalue weighted by Gasteiger charge is -2.34. The van der Waals surface area contributed by atoms with Gasteiger partial charge < -0.3 is 9.97 Å². The summed E-state index contributed by atoms with van der Waals surface area (Å²) in [4.78, 5) is 9.56. The fourth-order valence-electron chi connectivity index (χ4n) is 5.42. The van der Waals surface area contributed by atoms with Crippen LogP contribution in [0.4, 0.5) is 0 Å². The number of H-pyrrole nitrogens is 2. The first-order chi connectivity index (χ1) is 14.3. The molecule has 0 radical (unpaired) electrons. The van der Waals surface area contributed by atoms with Gasteiger partial charge in [-0.1, -0.05) is 42.0 Å². The van der Waals surface area contributed by atoms with Gasteiger partial charge in [0.15, 0.2) is 0 Å². The molecule has 0 spiro atoms. The van der Waals surface area contributed by atoms with Gasteiger partial charge in [-0.2, -0.15) is 0 Å². The smallest absolute Gasteiger partial charge is 0.0489 e. The number of hydrogen-bond acceptors (Lipinski definition) is 1. The van der Waals surface area contributed by atoms with Crippen molar-refractivity contribution in [2.24, 2.45) is 5.92 Å². The molecule has 0 saturated carbocycles. The van der Waals surface area contributed by atoms with Crippen molar-refractivity contribution in [2.75, 3.05) is 13.1 Å². The van der Waals surface area contributed by atoms with Gasteiger partial charge in [0.05, 0.1) is 0 Å². The molecular formula is C25H24ClN3. The van der Waals surface area contributed by atoms with Crippen molar-refractivity contribution in [2.45, 2.75) is 25.3 Å². The summed E-state index contributed by atoms with van der Waals surface area (Å²) >= 11 is 6.19. The molecule has 2 atom stereocenters. The Kier molecular flexibility index (Phi) is 4.07. The molecule has 2 N–H and O–H groups in total. The lowest BCUT2D eigenvalue weighted by molar-refractivity contribution is 0.180. The predicted octanol–water partition coefficient (Wildman–Crippen LogP) is 6.02. The normalized spacial score (nSPS) is 22.0. The molecule has 6 rings (SSSR count). The van der Waals surface area contributed by atoms with Gasteiger partial charge in [0.25, 0.3) is 0 Å². The standard InChI is InChI=1S/C25H24ClN3/c26-19-6-7-20-22(14-28-23(20)13-19)24-3-1-2-10-29(24)15-16-11-18-5-4-17-8-9-27-25(17)21(18)12-16/h1-2,4-9,13-14,16,24,27-28H,3,10-12,15H2. The van der Waals surface area contributed by atoms with Crippen LogP contribution < -0.4 is 0 Å². The molecule has 3 heterocycles. The van der Waals surface area contributed by atoms with Gasteiger partial charge in [-0.05, 0) is 65.5 Å². The lowest BCUT2D eigenvalue weighted by Crippen LogP contribution is -2.35. The van der Waals surface area contributed by atoms with E-state index in [1.165, 1.54) is 45.8 Å². The maximum atomic E-state index is 6.19. The summed E-state index contributed by atoms with van der Waals surface area (Å²) in [5.74, 6) is 0.674. The highest BCUT2D eigenvalue weighted by Crippen LogP contribution is 2.37. The van der Waals surface area contributed by atoms with E-state index in [1.54, 1.807) is 0 Å². The summed E-state index contributed by atoms with van der Waals surface area (Å²) in [7, 11) is 0. The minimum Gasteiger partial charge on any atom is -0.361 e. The topological polar surface area (TPSA) is 34.8 Å². The van der Waals surface area contributed by atoms with Crippen molar-refractivity contribution in [3.05, 3.63) is 82.7 Å². The van der Waals surface area contributed by atoms with E-state index < -0.39 is 0 Å². The highest BCUT2D eigenvalue weighted by molar-refractivity contribution is 6.31. The highest BCUT2D eigenvalue weighted by Gasteiger charge is 2.30. The molecule has 1 aliphatic heterocycles. The first-order valence-electron chi connectivity index (χ1n) is 10.5. The third-order valence-corrected chi connectivity index (χ3v) is 7.00. The fourth-order valence-corrected chi connectivity index (χ4v) is 5.60. The van der Waals surface area contributed by atoms with Crippen LogP contribution in [0.3, 0.4) is 0 Å². The number of aromatic amines is 2. The summed E-state index contributed by atoms with van der Waals surface area (Å²) in [5.41, 5.74) is 6.92. The summed E-state index contributed by atoms with van der Waals surface area (Å²) in [6, 6.07) is 13.4. The van der Waals surface area contributed by atoms with Crippen LogP contribution in [0.1, 0.15) is 29.2 Å². The lowest BCUT2D eigenvalue weighted by atomic mass is 9.96. The van der Waals surface area contributed by atoms with Crippen LogP contribution in [-0.2, 0) is 12.8 Å². The molecule has 4 aromatic rings. The van der Waals surface area contributed by atoms with Gasteiger partial charge in [0.1, 0.15) is 0 Å². The van der Waals surface area contributed by atoms with Crippen molar-refractivity contribution in [3.63, 3.8) is 0 Å². The molecule has 29 heavy (non-hydrogen) atoms. The Morgan fingerprint density at radius 1 is 1.03 bits per heavy atom. The van der Waals surface area contributed by atoms with Crippen LogP contribution in [0, 0.1) is 5.92 Å². The first-order valence-corrected chi connectivity index (χ1v) is 10.9. The molecule has 1 aliphatic carbocycles. The number of halogens is 1. The molecule has 2 aromatic carbocycles. The summed E-state index contributed by atoms with van der Waals surface area (Å²) in [6.07, 6.45) is 12.3. The molecule has 0 saturated heterocycles. The monoisotopic (exact) mass is 401 g/mol. The summed E-state index contributed by atoms with van der Waals surface area (Å²) < 4.78 is 0. The molecule has 4 heteroatoms. The van der Waals surface area contributed by atoms with Gasteiger partial charge >= 0.3 is 0 Å². The van der Waals surface area contributed by atoms with Gasteiger partial charge in [-0.25, -0.2) is 0 Å². The Morgan fingerprint density at radius 2 is 2.00 bits per heavy atom. The van der Waals surface area contributed by atoms with Gasteiger partial charge in [0.2, 0.25) is 0 Å². The van der Waals surface area contributed by atoms with Crippen molar-refractivity contribution in [1.82, 2.24) is 14.9 Å². The number of benzene rings is 2. The van der Waals surface area contributed by atoms with Crippen molar-refractivity contribution in [3.8, 4) is 0 Å². The molecule has 3 nitrogen and oxygen atoms in total. The summed E-state index contributed by atoms with van der Waals surface area (Å²) in [5, 5.41) is 3.41. The number of nitrogens with one attached hydrogen (secondary N) is 2. The molecule has 2 aliphatic rings. The average Bonchev–Trinajstić information content (AvgIpc) is 3.45. The largest absolute Gasteiger partial charge is 0.361 e. The second-order valence-corrected chi connectivity index (χ2v) is 8.97. The second-order valence-electron chi connectivity index (χ2n) is 8.53. The molecule has 0 fully saturated rings. The zero-order chi connectivity index (χ0) is 19.4. The number of aromatic nitrogens is 2. The van der Waals surface area contributed by atoms with E-state index in [0.29, 0.717) is 12.0 Å². The van der Waals surface area contributed by atoms with Crippen LogP contribution in [0.5, 0.6) is 0 Å². The van der Waals surface area contributed by atoms with E-state index >= 15 is 0 Å². The minimum atomic E-state index is 0.421. The SMILES string of the molecule is Clc1ccc2c(C3CC=CCN3CC3Cc4ccc5cc[nH]c5c4C3)c[nH]c2c1. The number of nitrogens with zero attached hydrogens (tertiary/aromatic N) is 1. The minimum absolute atomic E-state index is 0.421. The molecule has 146 valence electrons. The van der Waals surface area contributed by atoms with Crippen LogP contribution in [0.25, 0.3) is 21.8 Å². The van der Waals surface area contributed by atoms with E-state index in [9.17, 15) is 0 Å². The van der Waals surface area contributed by atoms with Crippen LogP contribution in [0.15, 0.2) is 60.9 Å². The second kappa shape index (κ2) is 6.79. The van der Waals surface area contributed by atoms with E-state index in [0.717, 1.165) is 30.0 Å². The van der Waals surface area contributed by atoms with Crippen molar-refractivity contribution in [1.29, 1.82) is 0 Å². The van der Waals surface area contributed by atoms with Gasteiger partial charge in [0, 0.05) is 53.0 Å². The molecule has 0 amide bonds. The number of fused-ring (bicyclic) bond motifs is 4. The maximum absolute atomic E-state index is 6.19. The molecular weight excluding hydrogens is 378 g/mol. The quantitative estimate of drug-likeness (QED) is 0.404. The van der Waals surface area contributed by atoms with Crippen molar-refractivity contribution >= 4 is 33.4 Å². The van der Waals surface area contributed by atoms with E-state index in [2.05, 4.69) is 63.7 Å². The molecule has 2 aromatic heterocycles. The van der Waals surface area contributed by atoms with E-state index in [4.69, 9.17) is 11.6 Å². The zero-order valence-electron chi connectivity index (χ0n) is 16.3. The highest BCUT2D eigenvalue weighted by atomic mass is 35.5. The zero-order valence-corrected chi connectivity index (χ0v) is 17.0. The van der Waals surface area contributed by atoms with E-state index in [1.807, 2.05) is 12.1 Å². The van der Waals surface area contributed by atoms with E-state index in [-0.39, 0.29) is 0 Å². The van der Waals surface area contributed by atoms with Gasteiger partial charge in [-0.3, -0.25) is 4.90 Å².